The maximum Gasteiger partial charge on any atom is 0.280 e. The highest BCUT2D eigenvalue weighted by molar-refractivity contribution is 5.85. The van der Waals surface area contributed by atoms with Crippen LogP contribution in [-0.2, 0) is 19.3 Å². The van der Waals surface area contributed by atoms with Gasteiger partial charge in [-0.15, -0.1) is 12.4 Å². The molecule has 0 bridgehead atoms. The van der Waals surface area contributed by atoms with Gasteiger partial charge in [0.05, 0.1) is 0 Å². The Morgan fingerprint density at radius 1 is 1.20 bits per heavy atom. The Balaban J connectivity index is 0.00000147. The Morgan fingerprint density at radius 2 is 2.00 bits per heavy atom. The molecule has 110 valence electrons. The molecular weight excluding hydrogens is 280 g/mol. The summed E-state index contributed by atoms with van der Waals surface area (Å²) < 4.78 is 10.7. The lowest BCUT2D eigenvalue weighted by Crippen LogP contribution is -2.24. The standard InChI is InChI=1S/C13H18N4O2.ClH/c1-8(14-2)7-11-15-13(19-16-11)12-9-5-3-4-6-10(9)18-17-12;/h8,14H,3-7H2,1-2H3;1H. The molecule has 0 saturated heterocycles. The summed E-state index contributed by atoms with van der Waals surface area (Å²) in [5, 5.41) is 11.2. The van der Waals surface area contributed by atoms with Gasteiger partial charge in [0.1, 0.15) is 5.76 Å². The highest BCUT2D eigenvalue weighted by Crippen LogP contribution is 2.30. The van der Waals surface area contributed by atoms with Crippen LogP contribution in [0.1, 0.15) is 36.9 Å². The Bertz CT molecular complexity index is 566. The summed E-state index contributed by atoms with van der Waals surface area (Å²) in [5.74, 6) is 2.15. The highest BCUT2D eigenvalue weighted by atomic mass is 35.5. The fourth-order valence-corrected chi connectivity index (χ4v) is 2.36. The van der Waals surface area contributed by atoms with Gasteiger partial charge in [-0.05, 0) is 33.2 Å². The number of halogens is 1. The Hall–Kier alpha value is -1.40. The van der Waals surface area contributed by atoms with E-state index in [1.54, 1.807) is 0 Å². The summed E-state index contributed by atoms with van der Waals surface area (Å²) in [5.41, 5.74) is 1.87. The van der Waals surface area contributed by atoms with Gasteiger partial charge in [-0.25, -0.2) is 0 Å². The third kappa shape index (κ3) is 2.86. The van der Waals surface area contributed by atoms with Gasteiger partial charge in [-0.1, -0.05) is 10.3 Å². The number of likely N-dealkylation sites (N-methyl/N-ethyl adjacent to an activating group) is 1. The zero-order chi connectivity index (χ0) is 13.2. The SMILES string of the molecule is CNC(C)Cc1noc(-c2noc3c2CCCC3)n1.Cl. The average Bonchev–Trinajstić information content (AvgIpc) is 3.04. The summed E-state index contributed by atoms with van der Waals surface area (Å²) in [6.45, 7) is 2.08. The Kier molecular flexibility index (Phi) is 4.77. The molecule has 1 aliphatic rings. The van der Waals surface area contributed by atoms with E-state index in [1.165, 1.54) is 6.42 Å². The van der Waals surface area contributed by atoms with Crippen LogP contribution in [0.2, 0.25) is 0 Å². The maximum atomic E-state index is 5.36. The van der Waals surface area contributed by atoms with Crippen LogP contribution in [-0.4, -0.2) is 28.4 Å². The molecule has 1 aliphatic carbocycles. The van der Waals surface area contributed by atoms with Crippen LogP contribution in [0.3, 0.4) is 0 Å². The van der Waals surface area contributed by atoms with Gasteiger partial charge in [0.2, 0.25) is 0 Å². The number of hydrogen-bond donors (Lipinski definition) is 1. The van der Waals surface area contributed by atoms with Crippen molar-refractivity contribution in [1.82, 2.24) is 20.6 Å². The number of fused-ring (bicyclic) bond motifs is 1. The lowest BCUT2D eigenvalue weighted by atomic mass is 9.96. The molecule has 0 aromatic carbocycles. The van der Waals surface area contributed by atoms with Crippen LogP contribution in [0.4, 0.5) is 0 Å². The summed E-state index contributed by atoms with van der Waals surface area (Å²) in [4.78, 5) is 4.41. The summed E-state index contributed by atoms with van der Waals surface area (Å²) in [6.07, 6.45) is 5.01. The largest absolute Gasteiger partial charge is 0.360 e. The number of hydrogen-bond acceptors (Lipinski definition) is 6. The second-order valence-electron chi connectivity index (χ2n) is 5.05. The molecular formula is C13H19ClN4O2. The average molecular weight is 299 g/mol. The molecule has 3 rings (SSSR count). The minimum absolute atomic E-state index is 0. The first-order valence-corrected chi connectivity index (χ1v) is 6.75. The van der Waals surface area contributed by atoms with Gasteiger partial charge in [-0.2, -0.15) is 4.98 Å². The first kappa shape index (κ1) is 15.0. The molecule has 2 aromatic heterocycles. The van der Waals surface area contributed by atoms with E-state index in [9.17, 15) is 0 Å². The molecule has 0 saturated carbocycles. The minimum Gasteiger partial charge on any atom is -0.360 e. The molecule has 6 nitrogen and oxygen atoms in total. The van der Waals surface area contributed by atoms with Crippen molar-refractivity contribution in [3.63, 3.8) is 0 Å². The zero-order valence-corrected chi connectivity index (χ0v) is 12.5. The van der Waals surface area contributed by atoms with E-state index in [1.807, 2.05) is 7.05 Å². The van der Waals surface area contributed by atoms with E-state index in [2.05, 4.69) is 27.5 Å². The molecule has 0 fully saturated rings. The fraction of sp³-hybridized carbons (Fsp3) is 0.615. The predicted octanol–water partition coefficient (Wildman–Crippen LogP) is 2.18. The van der Waals surface area contributed by atoms with Crippen molar-refractivity contribution >= 4 is 12.4 Å². The third-order valence-electron chi connectivity index (χ3n) is 3.60. The Morgan fingerprint density at radius 3 is 2.80 bits per heavy atom. The van der Waals surface area contributed by atoms with Gasteiger partial charge < -0.3 is 14.4 Å². The number of nitrogens with zero attached hydrogens (tertiary/aromatic N) is 3. The van der Waals surface area contributed by atoms with Crippen LogP contribution >= 0.6 is 12.4 Å². The van der Waals surface area contributed by atoms with Crippen LogP contribution in [0.25, 0.3) is 11.6 Å². The van der Waals surface area contributed by atoms with E-state index < -0.39 is 0 Å². The van der Waals surface area contributed by atoms with Crippen molar-refractivity contribution in [1.29, 1.82) is 0 Å². The van der Waals surface area contributed by atoms with Gasteiger partial charge in [0.25, 0.3) is 5.89 Å². The highest BCUT2D eigenvalue weighted by Gasteiger charge is 2.24. The van der Waals surface area contributed by atoms with Crippen molar-refractivity contribution in [2.24, 2.45) is 0 Å². The normalized spacial score (nSPS) is 15.5. The molecule has 1 unspecified atom stereocenters. The van der Waals surface area contributed by atoms with Crippen molar-refractivity contribution in [2.75, 3.05) is 7.05 Å². The smallest absolute Gasteiger partial charge is 0.280 e. The van der Waals surface area contributed by atoms with E-state index >= 15 is 0 Å². The third-order valence-corrected chi connectivity index (χ3v) is 3.60. The van der Waals surface area contributed by atoms with Crippen molar-refractivity contribution in [3.8, 4) is 11.6 Å². The van der Waals surface area contributed by atoms with E-state index in [0.717, 1.165) is 42.7 Å². The zero-order valence-electron chi connectivity index (χ0n) is 11.7. The first-order valence-electron chi connectivity index (χ1n) is 6.75. The molecule has 2 heterocycles. The molecule has 0 radical (unpaired) electrons. The van der Waals surface area contributed by atoms with E-state index in [-0.39, 0.29) is 12.4 Å². The lowest BCUT2D eigenvalue weighted by molar-refractivity contribution is 0.369. The van der Waals surface area contributed by atoms with Crippen LogP contribution in [0, 0.1) is 0 Å². The monoisotopic (exact) mass is 298 g/mol. The number of rotatable bonds is 4. The summed E-state index contributed by atoms with van der Waals surface area (Å²) in [6, 6.07) is 0.316. The number of aromatic nitrogens is 3. The van der Waals surface area contributed by atoms with E-state index in [4.69, 9.17) is 9.05 Å². The molecule has 0 amide bonds. The fourth-order valence-electron chi connectivity index (χ4n) is 2.36. The Labute approximate surface area is 123 Å². The number of aryl methyl sites for hydroxylation is 1. The second-order valence-corrected chi connectivity index (χ2v) is 5.05. The van der Waals surface area contributed by atoms with Gasteiger partial charge in [0, 0.05) is 24.4 Å². The molecule has 2 aromatic rings. The van der Waals surface area contributed by atoms with Gasteiger partial charge >= 0.3 is 0 Å². The lowest BCUT2D eigenvalue weighted by Gasteiger charge is -2.07. The molecule has 0 spiro atoms. The van der Waals surface area contributed by atoms with Crippen molar-refractivity contribution in [2.45, 2.75) is 45.1 Å². The van der Waals surface area contributed by atoms with E-state index in [0.29, 0.717) is 17.8 Å². The summed E-state index contributed by atoms with van der Waals surface area (Å²) in [7, 11) is 1.92. The van der Waals surface area contributed by atoms with Gasteiger partial charge in [0.15, 0.2) is 11.5 Å². The molecule has 7 heteroatoms. The first-order chi connectivity index (χ1) is 9.28. The van der Waals surface area contributed by atoms with Crippen LogP contribution < -0.4 is 5.32 Å². The number of nitrogens with one attached hydrogen (secondary N) is 1. The van der Waals surface area contributed by atoms with Gasteiger partial charge in [-0.3, -0.25) is 0 Å². The van der Waals surface area contributed by atoms with Crippen LogP contribution in [0.15, 0.2) is 9.05 Å². The summed E-state index contributed by atoms with van der Waals surface area (Å²) >= 11 is 0. The molecule has 20 heavy (non-hydrogen) atoms. The van der Waals surface area contributed by atoms with Crippen molar-refractivity contribution < 1.29 is 9.05 Å². The maximum absolute atomic E-state index is 5.36. The van der Waals surface area contributed by atoms with Crippen LogP contribution in [0.5, 0.6) is 0 Å². The molecule has 1 atom stereocenters. The second kappa shape index (κ2) is 6.37. The molecule has 0 aliphatic heterocycles. The molecule has 1 N–H and O–H groups in total. The predicted molar refractivity (Wildman–Crippen MR) is 75.9 cm³/mol. The topological polar surface area (TPSA) is 77.0 Å². The van der Waals surface area contributed by atoms with Crippen molar-refractivity contribution in [3.05, 3.63) is 17.1 Å². The quantitative estimate of drug-likeness (QED) is 0.932. The minimum atomic E-state index is 0.